The van der Waals surface area contributed by atoms with Crippen molar-refractivity contribution in [3.05, 3.63) is 29.8 Å². The van der Waals surface area contributed by atoms with Gasteiger partial charge in [-0.3, -0.25) is 0 Å². The largest absolute Gasteiger partial charge is 0.435 e. The van der Waals surface area contributed by atoms with Gasteiger partial charge in [0.05, 0.1) is 7.11 Å². The number of rotatable bonds is 5. The number of halogens is 2. The van der Waals surface area contributed by atoms with Crippen LogP contribution in [0.5, 0.6) is 5.75 Å². The number of ether oxygens (including phenoxy) is 1. The molecular formula is C9H11F2NO2. The van der Waals surface area contributed by atoms with E-state index >= 15 is 0 Å². The fraction of sp³-hybridized carbons (Fsp3) is 0.333. The average Bonchev–Trinajstić information content (AvgIpc) is 2.16. The van der Waals surface area contributed by atoms with Gasteiger partial charge in [0.15, 0.2) is 0 Å². The van der Waals surface area contributed by atoms with Gasteiger partial charge >= 0.3 is 6.61 Å². The molecule has 0 atom stereocenters. The SMILES string of the molecule is CONCc1ccc(OC(F)F)cc1. The minimum Gasteiger partial charge on any atom is -0.435 e. The Hall–Kier alpha value is -1.20. The average molecular weight is 203 g/mol. The highest BCUT2D eigenvalue weighted by Gasteiger charge is 2.03. The number of alkyl halides is 2. The van der Waals surface area contributed by atoms with Gasteiger partial charge < -0.3 is 9.57 Å². The molecule has 0 saturated heterocycles. The minimum absolute atomic E-state index is 0.154. The predicted octanol–water partition coefficient (Wildman–Crippen LogP) is 1.94. The summed E-state index contributed by atoms with van der Waals surface area (Å²) in [7, 11) is 1.51. The van der Waals surface area contributed by atoms with Crippen LogP contribution in [-0.4, -0.2) is 13.7 Å². The molecule has 1 aromatic rings. The molecule has 0 saturated carbocycles. The highest BCUT2D eigenvalue weighted by molar-refractivity contribution is 5.27. The number of hydrogen-bond donors (Lipinski definition) is 1. The van der Waals surface area contributed by atoms with Crippen LogP contribution >= 0.6 is 0 Å². The van der Waals surface area contributed by atoms with Crippen molar-refractivity contribution in [3.8, 4) is 5.75 Å². The lowest BCUT2D eigenvalue weighted by Crippen LogP contribution is -2.10. The van der Waals surface area contributed by atoms with Crippen LogP contribution in [0.3, 0.4) is 0 Å². The first-order chi connectivity index (χ1) is 6.72. The van der Waals surface area contributed by atoms with Gasteiger partial charge in [-0.05, 0) is 17.7 Å². The summed E-state index contributed by atoms with van der Waals surface area (Å²) in [6.45, 7) is -2.26. The monoisotopic (exact) mass is 203 g/mol. The fourth-order valence-electron chi connectivity index (χ4n) is 0.944. The Bertz CT molecular complexity index is 264. The van der Waals surface area contributed by atoms with Crippen molar-refractivity contribution in [1.82, 2.24) is 5.48 Å². The maximum absolute atomic E-state index is 11.8. The number of benzene rings is 1. The van der Waals surface area contributed by atoms with Crippen molar-refractivity contribution in [2.45, 2.75) is 13.2 Å². The zero-order valence-electron chi connectivity index (χ0n) is 7.67. The molecule has 0 spiro atoms. The van der Waals surface area contributed by atoms with E-state index < -0.39 is 6.61 Å². The second kappa shape index (κ2) is 5.51. The molecule has 0 bridgehead atoms. The second-order valence-electron chi connectivity index (χ2n) is 2.55. The summed E-state index contributed by atoms with van der Waals surface area (Å²) in [5, 5.41) is 0. The fourth-order valence-corrected chi connectivity index (χ4v) is 0.944. The molecule has 0 amide bonds. The first-order valence-corrected chi connectivity index (χ1v) is 4.02. The van der Waals surface area contributed by atoms with Gasteiger partial charge in [-0.2, -0.15) is 14.3 Å². The Morgan fingerprint density at radius 3 is 2.43 bits per heavy atom. The molecule has 78 valence electrons. The minimum atomic E-state index is -2.78. The summed E-state index contributed by atoms with van der Waals surface area (Å²) in [5.74, 6) is 0.154. The van der Waals surface area contributed by atoms with Gasteiger partial charge in [0, 0.05) is 6.54 Å². The Balaban J connectivity index is 2.50. The Morgan fingerprint density at radius 2 is 1.93 bits per heavy atom. The van der Waals surface area contributed by atoms with Gasteiger partial charge in [-0.1, -0.05) is 12.1 Å². The standard InChI is InChI=1S/C9H11F2NO2/c1-13-12-6-7-2-4-8(5-3-7)14-9(10)11/h2-5,9,12H,6H2,1H3. The molecule has 0 fully saturated rings. The summed E-state index contributed by atoms with van der Waals surface area (Å²) >= 11 is 0. The second-order valence-corrected chi connectivity index (χ2v) is 2.55. The first kappa shape index (κ1) is 10.9. The summed E-state index contributed by atoms with van der Waals surface area (Å²) < 4.78 is 27.7. The molecule has 1 rings (SSSR count). The molecule has 0 radical (unpaired) electrons. The molecule has 0 aliphatic rings. The van der Waals surface area contributed by atoms with Crippen LogP contribution in [0.4, 0.5) is 8.78 Å². The van der Waals surface area contributed by atoms with Gasteiger partial charge in [-0.15, -0.1) is 0 Å². The number of nitrogens with one attached hydrogen (secondary N) is 1. The lowest BCUT2D eigenvalue weighted by molar-refractivity contribution is -0.0498. The molecular weight excluding hydrogens is 192 g/mol. The lowest BCUT2D eigenvalue weighted by atomic mass is 10.2. The van der Waals surface area contributed by atoms with Gasteiger partial charge in [-0.25, -0.2) is 0 Å². The van der Waals surface area contributed by atoms with Crippen LogP contribution in [-0.2, 0) is 11.4 Å². The van der Waals surface area contributed by atoms with E-state index in [2.05, 4.69) is 15.1 Å². The van der Waals surface area contributed by atoms with Gasteiger partial charge in [0.25, 0.3) is 0 Å². The maximum atomic E-state index is 11.8. The quantitative estimate of drug-likeness (QED) is 0.742. The van der Waals surface area contributed by atoms with Crippen molar-refractivity contribution >= 4 is 0 Å². The normalized spacial score (nSPS) is 10.6. The summed E-state index contributed by atoms with van der Waals surface area (Å²) in [4.78, 5) is 4.64. The molecule has 0 aliphatic heterocycles. The first-order valence-electron chi connectivity index (χ1n) is 4.02. The Morgan fingerprint density at radius 1 is 1.29 bits per heavy atom. The van der Waals surface area contributed by atoms with E-state index in [1.54, 1.807) is 12.1 Å². The van der Waals surface area contributed by atoms with Crippen LogP contribution in [0.1, 0.15) is 5.56 Å². The molecule has 0 aliphatic carbocycles. The molecule has 1 N–H and O–H groups in total. The zero-order chi connectivity index (χ0) is 10.4. The molecule has 0 unspecified atom stereocenters. The molecule has 14 heavy (non-hydrogen) atoms. The molecule has 0 aromatic heterocycles. The number of hydrogen-bond acceptors (Lipinski definition) is 3. The molecule has 0 heterocycles. The highest BCUT2D eigenvalue weighted by Crippen LogP contribution is 2.14. The Kier molecular flexibility index (Phi) is 4.28. The van der Waals surface area contributed by atoms with E-state index in [1.165, 1.54) is 19.2 Å². The molecule has 1 aromatic carbocycles. The molecule has 3 nitrogen and oxygen atoms in total. The van der Waals surface area contributed by atoms with Crippen molar-refractivity contribution in [3.63, 3.8) is 0 Å². The number of hydroxylamine groups is 1. The van der Waals surface area contributed by atoms with Crippen molar-refractivity contribution in [2.24, 2.45) is 0 Å². The zero-order valence-corrected chi connectivity index (χ0v) is 7.67. The van der Waals surface area contributed by atoms with E-state index in [4.69, 9.17) is 0 Å². The third-order valence-corrected chi connectivity index (χ3v) is 1.57. The highest BCUT2D eigenvalue weighted by atomic mass is 19.3. The van der Waals surface area contributed by atoms with E-state index in [0.717, 1.165) is 5.56 Å². The lowest BCUT2D eigenvalue weighted by Gasteiger charge is -2.05. The maximum Gasteiger partial charge on any atom is 0.387 e. The topological polar surface area (TPSA) is 30.5 Å². The summed E-state index contributed by atoms with van der Waals surface area (Å²) in [6, 6.07) is 6.34. The van der Waals surface area contributed by atoms with Crippen LogP contribution in [0, 0.1) is 0 Å². The molecule has 5 heteroatoms. The smallest absolute Gasteiger partial charge is 0.387 e. The van der Waals surface area contributed by atoms with Gasteiger partial charge in [0.2, 0.25) is 0 Å². The van der Waals surface area contributed by atoms with Crippen LogP contribution in [0.2, 0.25) is 0 Å². The predicted molar refractivity (Wildman–Crippen MR) is 46.9 cm³/mol. The van der Waals surface area contributed by atoms with Crippen molar-refractivity contribution in [1.29, 1.82) is 0 Å². The van der Waals surface area contributed by atoms with E-state index in [9.17, 15) is 8.78 Å². The van der Waals surface area contributed by atoms with Crippen LogP contribution in [0.25, 0.3) is 0 Å². The third kappa shape index (κ3) is 3.68. The summed E-state index contributed by atoms with van der Waals surface area (Å²) in [6.07, 6.45) is 0. The van der Waals surface area contributed by atoms with E-state index in [1.807, 2.05) is 0 Å². The third-order valence-electron chi connectivity index (χ3n) is 1.57. The summed E-state index contributed by atoms with van der Waals surface area (Å²) in [5.41, 5.74) is 3.56. The van der Waals surface area contributed by atoms with Crippen molar-refractivity contribution in [2.75, 3.05) is 7.11 Å². The van der Waals surface area contributed by atoms with E-state index in [0.29, 0.717) is 6.54 Å². The van der Waals surface area contributed by atoms with E-state index in [-0.39, 0.29) is 5.75 Å². The van der Waals surface area contributed by atoms with Crippen molar-refractivity contribution < 1.29 is 18.4 Å². The van der Waals surface area contributed by atoms with Crippen LogP contribution in [0.15, 0.2) is 24.3 Å². The van der Waals surface area contributed by atoms with Gasteiger partial charge in [0.1, 0.15) is 5.75 Å². The van der Waals surface area contributed by atoms with Crippen LogP contribution < -0.4 is 10.2 Å². The Labute approximate surface area is 80.6 Å².